The van der Waals surface area contributed by atoms with E-state index in [9.17, 15) is 9.59 Å². The molecule has 0 aliphatic rings. The molecule has 0 spiro atoms. The monoisotopic (exact) mass is 246 g/mol. The van der Waals surface area contributed by atoms with Gasteiger partial charge >= 0.3 is 11.9 Å². The Balaban J connectivity index is 0. The number of carboxylic acid groups (broad SMARTS) is 1. The molecule has 0 aromatic heterocycles. The van der Waals surface area contributed by atoms with E-state index < -0.39 is 5.97 Å². The summed E-state index contributed by atoms with van der Waals surface area (Å²) in [5, 5.41) is 8.14. The molecule has 4 nitrogen and oxygen atoms in total. The van der Waals surface area contributed by atoms with Crippen LogP contribution in [0.1, 0.15) is 65.2 Å². The van der Waals surface area contributed by atoms with Gasteiger partial charge in [0.2, 0.25) is 0 Å². The zero-order valence-corrected chi connectivity index (χ0v) is 11.3. The van der Waals surface area contributed by atoms with Crippen LogP contribution in [0.2, 0.25) is 0 Å². The minimum atomic E-state index is -0.682. The average molecular weight is 246 g/mol. The van der Waals surface area contributed by atoms with E-state index in [4.69, 9.17) is 5.11 Å². The van der Waals surface area contributed by atoms with Crippen LogP contribution < -0.4 is 0 Å². The van der Waals surface area contributed by atoms with Crippen molar-refractivity contribution in [2.75, 3.05) is 7.11 Å². The van der Waals surface area contributed by atoms with Crippen molar-refractivity contribution < 1.29 is 19.4 Å². The molecule has 0 fully saturated rings. The van der Waals surface area contributed by atoms with Crippen molar-refractivity contribution in [3.05, 3.63) is 0 Å². The van der Waals surface area contributed by atoms with Gasteiger partial charge in [-0.05, 0) is 12.8 Å². The molecular formula is C13H26O4. The van der Waals surface area contributed by atoms with Crippen molar-refractivity contribution >= 4 is 11.9 Å². The lowest BCUT2D eigenvalue weighted by atomic mass is 10.2. The van der Waals surface area contributed by atoms with Gasteiger partial charge in [0.15, 0.2) is 0 Å². The molecule has 0 rings (SSSR count). The van der Waals surface area contributed by atoms with E-state index in [-0.39, 0.29) is 5.97 Å². The van der Waals surface area contributed by atoms with Crippen molar-refractivity contribution in [1.29, 1.82) is 0 Å². The Morgan fingerprint density at radius 2 is 1.41 bits per heavy atom. The number of esters is 1. The van der Waals surface area contributed by atoms with Gasteiger partial charge < -0.3 is 9.84 Å². The smallest absolute Gasteiger partial charge is 0.305 e. The fourth-order valence-electron chi connectivity index (χ4n) is 1.15. The Hall–Kier alpha value is -1.06. The number of carbonyl (C=O) groups is 2. The first-order valence-electron chi connectivity index (χ1n) is 6.37. The molecule has 0 heterocycles. The van der Waals surface area contributed by atoms with Crippen LogP contribution in [0.25, 0.3) is 0 Å². The molecule has 1 N–H and O–H groups in total. The van der Waals surface area contributed by atoms with Crippen molar-refractivity contribution in [2.45, 2.75) is 65.2 Å². The Labute approximate surface area is 104 Å². The Bertz CT molecular complexity index is 190. The molecule has 0 radical (unpaired) electrons. The van der Waals surface area contributed by atoms with E-state index in [0.717, 1.165) is 38.5 Å². The molecule has 0 atom stereocenters. The number of unbranched alkanes of at least 4 members (excludes halogenated alkanes) is 4. The lowest BCUT2D eigenvalue weighted by molar-refractivity contribution is -0.140. The summed E-state index contributed by atoms with van der Waals surface area (Å²) in [5.41, 5.74) is 0. The molecule has 102 valence electrons. The maximum Gasteiger partial charge on any atom is 0.305 e. The normalized spacial score (nSPS) is 9.12. The lowest BCUT2D eigenvalue weighted by Crippen LogP contribution is -1.98. The molecule has 0 aromatic carbocycles. The highest BCUT2D eigenvalue weighted by atomic mass is 16.5. The SMILES string of the molecule is CCCCCC(=O)O.CCCCCC(=O)OC. The van der Waals surface area contributed by atoms with Gasteiger partial charge in [-0.2, -0.15) is 0 Å². The minimum absolute atomic E-state index is 0.0940. The minimum Gasteiger partial charge on any atom is -0.481 e. The first kappa shape index (κ1) is 18.3. The van der Waals surface area contributed by atoms with E-state index >= 15 is 0 Å². The molecule has 0 bridgehead atoms. The van der Waals surface area contributed by atoms with E-state index in [2.05, 4.69) is 18.6 Å². The molecule has 0 aromatic rings. The van der Waals surface area contributed by atoms with Gasteiger partial charge in [0.1, 0.15) is 0 Å². The molecule has 17 heavy (non-hydrogen) atoms. The van der Waals surface area contributed by atoms with Crippen LogP contribution in [-0.4, -0.2) is 24.2 Å². The number of aliphatic carboxylic acids is 1. The zero-order chi connectivity index (χ0) is 13.5. The second-order valence-corrected chi connectivity index (χ2v) is 3.88. The zero-order valence-electron chi connectivity index (χ0n) is 11.3. The van der Waals surface area contributed by atoms with Crippen molar-refractivity contribution in [3.8, 4) is 0 Å². The number of ether oxygens (including phenoxy) is 1. The molecule has 4 heteroatoms. The maximum atomic E-state index is 10.5. The van der Waals surface area contributed by atoms with Crippen LogP contribution in [-0.2, 0) is 14.3 Å². The summed E-state index contributed by atoms with van der Waals surface area (Å²) in [4.78, 5) is 20.3. The number of hydrogen-bond acceptors (Lipinski definition) is 3. The van der Waals surface area contributed by atoms with E-state index in [1.807, 2.05) is 0 Å². The van der Waals surface area contributed by atoms with Gasteiger partial charge in [-0.3, -0.25) is 9.59 Å². The molecule has 0 amide bonds. The van der Waals surface area contributed by atoms with Crippen LogP contribution in [0.5, 0.6) is 0 Å². The predicted molar refractivity (Wildman–Crippen MR) is 67.9 cm³/mol. The summed E-state index contributed by atoms with van der Waals surface area (Å²) in [7, 11) is 1.42. The summed E-state index contributed by atoms with van der Waals surface area (Å²) in [5.74, 6) is -0.776. The van der Waals surface area contributed by atoms with Gasteiger partial charge in [0.05, 0.1) is 7.11 Å². The van der Waals surface area contributed by atoms with Gasteiger partial charge in [-0.25, -0.2) is 0 Å². The van der Waals surface area contributed by atoms with Crippen LogP contribution in [0, 0.1) is 0 Å². The highest BCUT2D eigenvalue weighted by Gasteiger charge is 1.96. The Kier molecular flexibility index (Phi) is 16.1. The molecule has 0 aliphatic heterocycles. The first-order chi connectivity index (χ1) is 8.08. The summed E-state index contributed by atoms with van der Waals surface area (Å²) >= 11 is 0. The maximum absolute atomic E-state index is 10.5. The van der Waals surface area contributed by atoms with Crippen molar-refractivity contribution in [3.63, 3.8) is 0 Å². The van der Waals surface area contributed by atoms with Crippen LogP contribution >= 0.6 is 0 Å². The fraction of sp³-hybridized carbons (Fsp3) is 0.846. The van der Waals surface area contributed by atoms with Crippen LogP contribution in [0.3, 0.4) is 0 Å². The predicted octanol–water partition coefficient (Wildman–Crippen LogP) is 3.39. The highest BCUT2D eigenvalue weighted by molar-refractivity contribution is 5.68. The molecule has 0 saturated carbocycles. The van der Waals surface area contributed by atoms with Gasteiger partial charge in [-0.15, -0.1) is 0 Å². The second kappa shape index (κ2) is 14.9. The lowest BCUT2D eigenvalue weighted by Gasteiger charge is -1.95. The van der Waals surface area contributed by atoms with E-state index in [1.54, 1.807) is 0 Å². The van der Waals surface area contributed by atoms with Crippen LogP contribution in [0.4, 0.5) is 0 Å². The topological polar surface area (TPSA) is 63.6 Å². The molecule has 0 aliphatic carbocycles. The summed E-state index contributed by atoms with van der Waals surface area (Å²) < 4.78 is 4.46. The van der Waals surface area contributed by atoms with Gasteiger partial charge in [-0.1, -0.05) is 39.5 Å². The largest absolute Gasteiger partial charge is 0.481 e. The molecule has 0 unspecified atom stereocenters. The standard InChI is InChI=1S/C7H14O2.C6H12O2/c1-3-4-5-6-7(8)9-2;1-2-3-4-5-6(7)8/h3-6H2,1-2H3;2-5H2,1H3,(H,7,8). The van der Waals surface area contributed by atoms with E-state index in [1.165, 1.54) is 7.11 Å². The van der Waals surface area contributed by atoms with Crippen LogP contribution in [0.15, 0.2) is 0 Å². The Morgan fingerprint density at radius 3 is 1.76 bits per heavy atom. The average Bonchev–Trinajstić information content (AvgIpc) is 2.30. The number of carbonyl (C=O) groups excluding carboxylic acids is 1. The molecule has 0 saturated heterocycles. The molecular weight excluding hydrogens is 220 g/mol. The third kappa shape index (κ3) is 20.9. The first-order valence-corrected chi connectivity index (χ1v) is 6.37. The van der Waals surface area contributed by atoms with Crippen molar-refractivity contribution in [2.24, 2.45) is 0 Å². The number of carboxylic acids is 1. The van der Waals surface area contributed by atoms with E-state index in [0.29, 0.717) is 12.8 Å². The fourth-order valence-corrected chi connectivity index (χ4v) is 1.15. The third-order valence-corrected chi connectivity index (χ3v) is 2.21. The second-order valence-electron chi connectivity index (χ2n) is 3.88. The van der Waals surface area contributed by atoms with Gasteiger partial charge in [0.25, 0.3) is 0 Å². The summed E-state index contributed by atoms with van der Waals surface area (Å²) in [6.45, 7) is 4.17. The highest BCUT2D eigenvalue weighted by Crippen LogP contribution is 1.99. The van der Waals surface area contributed by atoms with Gasteiger partial charge in [0, 0.05) is 12.8 Å². The summed E-state index contributed by atoms with van der Waals surface area (Å²) in [6.07, 6.45) is 7.08. The summed E-state index contributed by atoms with van der Waals surface area (Å²) in [6, 6.07) is 0. The van der Waals surface area contributed by atoms with Crippen molar-refractivity contribution in [1.82, 2.24) is 0 Å². The Morgan fingerprint density at radius 1 is 0.941 bits per heavy atom. The quantitative estimate of drug-likeness (QED) is 0.526. The number of methoxy groups -OCH3 is 1. The third-order valence-electron chi connectivity index (χ3n) is 2.21. The number of rotatable bonds is 8. The number of hydrogen-bond donors (Lipinski definition) is 1.